The fourth-order valence-corrected chi connectivity index (χ4v) is 2.30. The van der Waals surface area contributed by atoms with E-state index in [-0.39, 0.29) is 0 Å². The summed E-state index contributed by atoms with van der Waals surface area (Å²) in [7, 11) is 3.73. The third-order valence-electron chi connectivity index (χ3n) is 3.01. The summed E-state index contributed by atoms with van der Waals surface area (Å²) in [5.41, 5.74) is 0.694. The molecule has 5 heteroatoms. The van der Waals surface area contributed by atoms with Crippen LogP contribution in [0.15, 0.2) is 18.2 Å². The lowest BCUT2D eigenvalue weighted by atomic mass is 10.1. The van der Waals surface area contributed by atoms with Crippen molar-refractivity contribution in [3.8, 4) is 0 Å². The van der Waals surface area contributed by atoms with E-state index in [1.807, 2.05) is 13.1 Å². The average molecular weight is 306 g/mol. The SMILES string of the molecule is COCCCN(C)CCC(O)c1cccc(Cl)c1Cl. The zero-order chi connectivity index (χ0) is 14.3. The summed E-state index contributed by atoms with van der Waals surface area (Å²) in [6, 6.07) is 5.33. The topological polar surface area (TPSA) is 32.7 Å². The maximum atomic E-state index is 10.2. The lowest BCUT2D eigenvalue weighted by molar-refractivity contribution is 0.142. The molecule has 0 aromatic heterocycles. The first kappa shape index (κ1) is 16.7. The summed E-state index contributed by atoms with van der Waals surface area (Å²) in [6.45, 7) is 2.50. The molecule has 1 N–H and O–H groups in total. The van der Waals surface area contributed by atoms with Crippen LogP contribution in [0, 0.1) is 0 Å². The number of ether oxygens (including phenoxy) is 1. The summed E-state index contributed by atoms with van der Waals surface area (Å²) in [4.78, 5) is 2.17. The van der Waals surface area contributed by atoms with E-state index in [0.717, 1.165) is 26.1 Å². The van der Waals surface area contributed by atoms with E-state index in [1.54, 1.807) is 19.2 Å². The van der Waals surface area contributed by atoms with Crippen LogP contribution in [-0.4, -0.2) is 43.9 Å². The minimum Gasteiger partial charge on any atom is -0.388 e. The Kier molecular flexibility index (Phi) is 7.73. The number of methoxy groups -OCH3 is 1. The van der Waals surface area contributed by atoms with Crippen LogP contribution in [0.2, 0.25) is 10.0 Å². The molecule has 0 bridgehead atoms. The molecule has 19 heavy (non-hydrogen) atoms. The van der Waals surface area contributed by atoms with E-state index in [0.29, 0.717) is 22.0 Å². The Morgan fingerprint density at radius 3 is 2.74 bits per heavy atom. The minimum atomic E-state index is -0.587. The number of benzene rings is 1. The Balaban J connectivity index is 2.42. The van der Waals surface area contributed by atoms with Gasteiger partial charge in [-0.2, -0.15) is 0 Å². The predicted octanol–water partition coefficient (Wildman–Crippen LogP) is 3.39. The number of hydrogen-bond acceptors (Lipinski definition) is 3. The zero-order valence-corrected chi connectivity index (χ0v) is 12.9. The van der Waals surface area contributed by atoms with Crippen molar-refractivity contribution in [1.82, 2.24) is 4.90 Å². The molecule has 1 unspecified atom stereocenters. The second-order valence-electron chi connectivity index (χ2n) is 4.60. The van der Waals surface area contributed by atoms with Crippen LogP contribution in [0.3, 0.4) is 0 Å². The van der Waals surface area contributed by atoms with Crippen LogP contribution >= 0.6 is 23.2 Å². The third-order valence-corrected chi connectivity index (χ3v) is 3.85. The molecular weight excluding hydrogens is 285 g/mol. The van der Waals surface area contributed by atoms with Gasteiger partial charge in [0.15, 0.2) is 0 Å². The summed E-state index contributed by atoms with van der Waals surface area (Å²) >= 11 is 12.0. The molecule has 0 heterocycles. The Bertz CT molecular complexity index is 388. The van der Waals surface area contributed by atoms with Crippen molar-refractivity contribution < 1.29 is 9.84 Å². The molecular formula is C14H21Cl2NO2. The maximum absolute atomic E-state index is 10.2. The second kappa shape index (κ2) is 8.77. The highest BCUT2D eigenvalue weighted by atomic mass is 35.5. The number of aliphatic hydroxyl groups excluding tert-OH is 1. The summed E-state index contributed by atoms with van der Waals surface area (Å²) in [5, 5.41) is 11.1. The summed E-state index contributed by atoms with van der Waals surface area (Å²) in [6.07, 6.45) is 1.03. The van der Waals surface area contributed by atoms with Gasteiger partial charge in [0.25, 0.3) is 0 Å². The lowest BCUT2D eigenvalue weighted by Gasteiger charge is -2.19. The maximum Gasteiger partial charge on any atom is 0.0817 e. The molecule has 0 spiro atoms. The molecule has 3 nitrogen and oxygen atoms in total. The Morgan fingerprint density at radius 1 is 1.32 bits per heavy atom. The van der Waals surface area contributed by atoms with Crippen LogP contribution in [-0.2, 0) is 4.74 Å². The molecule has 0 aliphatic heterocycles. The monoisotopic (exact) mass is 305 g/mol. The van der Waals surface area contributed by atoms with Gasteiger partial charge in [-0.15, -0.1) is 0 Å². The molecule has 0 amide bonds. The molecule has 0 aliphatic rings. The van der Waals surface area contributed by atoms with Crippen LogP contribution in [0.5, 0.6) is 0 Å². The minimum absolute atomic E-state index is 0.443. The predicted molar refractivity (Wildman–Crippen MR) is 80.0 cm³/mol. The molecule has 1 aromatic carbocycles. The van der Waals surface area contributed by atoms with Gasteiger partial charge in [-0.25, -0.2) is 0 Å². The lowest BCUT2D eigenvalue weighted by Crippen LogP contribution is -2.23. The highest BCUT2D eigenvalue weighted by molar-refractivity contribution is 6.42. The third kappa shape index (κ3) is 5.67. The molecule has 0 saturated heterocycles. The average Bonchev–Trinajstić information content (AvgIpc) is 2.39. The van der Waals surface area contributed by atoms with Crippen molar-refractivity contribution in [1.29, 1.82) is 0 Å². The molecule has 1 rings (SSSR count). The van der Waals surface area contributed by atoms with Crippen molar-refractivity contribution >= 4 is 23.2 Å². The quantitative estimate of drug-likeness (QED) is 0.747. The second-order valence-corrected chi connectivity index (χ2v) is 5.38. The van der Waals surface area contributed by atoms with Gasteiger partial charge in [0.2, 0.25) is 0 Å². The van der Waals surface area contributed by atoms with Crippen LogP contribution in [0.4, 0.5) is 0 Å². The largest absolute Gasteiger partial charge is 0.388 e. The van der Waals surface area contributed by atoms with E-state index in [9.17, 15) is 5.11 Å². The molecule has 0 radical (unpaired) electrons. The summed E-state index contributed by atoms with van der Waals surface area (Å²) in [5.74, 6) is 0. The van der Waals surface area contributed by atoms with Gasteiger partial charge in [0.1, 0.15) is 0 Å². The number of rotatable bonds is 8. The molecule has 1 aromatic rings. The van der Waals surface area contributed by atoms with Crippen LogP contribution < -0.4 is 0 Å². The fourth-order valence-electron chi connectivity index (χ4n) is 1.87. The standard InChI is InChI=1S/C14H21Cl2NO2/c1-17(8-4-10-19-2)9-7-13(18)11-5-3-6-12(15)14(11)16/h3,5-6,13,18H,4,7-10H2,1-2H3. The van der Waals surface area contributed by atoms with Gasteiger partial charge in [-0.1, -0.05) is 35.3 Å². The fraction of sp³-hybridized carbons (Fsp3) is 0.571. The van der Waals surface area contributed by atoms with E-state index < -0.39 is 6.10 Å². The Labute approximate surface area is 125 Å². The van der Waals surface area contributed by atoms with E-state index in [2.05, 4.69) is 4.90 Å². The number of aliphatic hydroxyl groups is 1. The Morgan fingerprint density at radius 2 is 2.05 bits per heavy atom. The van der Waals surface area contributed by atoms with Crippen molar-refractivity contribution in [2.24, 2.45) is 0 Å². The van der Waals surface area contributed by atoms with Gasteiger partial charge in [-0.05, 0) is 26.0 Å². The van der Waals surface area contributed by atoms with E-state index >= 15 is 0 Å². The number of nitrogens with zero attached hydrogens (tertiary/aromatic N) is 1. The highest BCUT2D eigenvalue weighted by Gasteiger charge is 2.14. The molecule has 108 valence electrons. The van der Waals surface area contributed by atoms with Crippen molar-refractivity contribution in [2.45, 2.75) is 18.9 Å². The first-order valence-electron chi connectivity index (χ1n) is 6.35. The van der Waals surface area contributed by atoms with Crippen LogP contribution in [0.25, 0.3) is 0 Å². The van der Waals surface area contributed by atoms with Crippen LogP contribution in [0.1, 0.15) is 24.5 Å². The zero-order valence-electron chi connectivity index (χ0n) is 11.4. The smallest absolute Gasteiger partial charge is 0.0817 e. The first-order chi connectivity index (χ1) is 9.06. The van der Waals surface area contributed by atoms with Gasteiger partial charge in [-0.3, -0.25) is 0 Å². The van der Waals surface area contributed by atoms with E-state index in [4.69, 9.17) is 27.9 Å². The Hall–Kier alpha value is -0.320. The van der Waals surface area contributed by atoms with Crippen molar-refractivity contribution in [3.63, 3.8) is 0 Å². The van der Waals surface area contributed by atoms with Gasteiger partial charge in [0, 0.05) is 32.4 Å². The molecule has 0 saturated carbocycles. The molecule has 0 aliphatic carbocycles. The van der Waals surface area contributed by atoms with Gasteiger partial charge >= 0.3 is 0 Å². The van der Waals surface area contributed by atoms with Gasteiger partial charge < -0.3 is 14.7 Å². The first-order valence-corrected chi connectivity index (χ1v) is 7.11. The molecule has 1 atom stereocenters. The van der Waals surface area contributed by atoms with Crippen molar-refractivity contribution in [2.75, 3.05) is 33.9 Å². The normalized spacial score (nSPS) is 12.9. The molecule has 0 fully saturated rings. The van der Waals surface area contributed by atoms with Gasteiger partial charge in [0.05, 0.1) is 16.1 Å². The van der Waals surface area contributed by atoms with Crippen molar-refractivity contribution in [3.05, 3.63) is 33.8 Å². The number of hydrogen-bond donors (Lipinski definition) is 1. The highest BCUT2D eigenvalue weighted by Crippen LogP contribution is 2.31. The van der Waals surface area contributed by atoms with E-state index in [1.165, 1.54) is 0 Å². The number of halogens is 2. The summed E-state index contributed by atoms with van der Waals surface area (Å²) < 4.78 is 5.01.